The molecule has 1 aromatic heterocycles. The highest BCUT2D eigenvalue weighted by Gasteiger charge is 2.18. The molecule has 2 N–H and O–H groups in total. The number of hydrogen-bond donors (Lipinski definition) is 2. The molecule has 1 aliphatic carbocycles. The number of thiophene rings is 1. The summed E-state index contributed by atoms with van der Waals surface area (Å²) in [6.45, 7) is 3.68. The van der Waals surface area contributed by atoms with Gasteiger partial charge < -0.3 is 5.11 Å². The highest BCUT2D eigenvalue weighted by Crippen LogP contribution is 2.30. The summed E-state index contributed by atoms with van der Waals surface area (Å²) in [5.41, 5.74) is 6.31. The van der Waals surface area contributed by atoms with Crippen molar-refractivity contribution in [2.45, 2.75) is 33.1 Å². The van der Waals surface area contributed by atoms with Crippen LogP contribution in [0.25, 0.3) is 0 Å². The Balaban J connectivity index is 1.67. The lowest BCUT2D eigenvalue weighted by molar-refractivity contribution is 0.0959. The number of carbonyl (C=O) groups excluding carboxylic acids is 1. The Bertz CT molecular complexity index is 718. The van der Waals surface area contributed by atoms with Gasteiger partial charge in [-0.1, -0.05) is 0 Å². The monoisotopic (exact) mass is 314 g/mol. The summed E-state index contributed by atoms with van der Waals surface area (Å²) in [7, 11) is 0. The van der Waals surface area contributed by atoms with Gasteiger partial charge in [0.1, 0.15) is 5.75 Å². The summed E-state index contributed by atoms with van der Waals surface area (Å²) >= 11 is 1.56. The summed E-state index contributed by atoms with van der Waals surface area (Å²) in [5, 5.41) is 13.8. The largest absolute Gasteiger partial charge is 0.507 e. The molecule has 1 aromatic carbocycles. The van der Waals surface area contributed by atoms with Gasteiger partial charge in [-0.05, 0) is 73.6 Å². The fourth-order valence-electron chi connectivity index (χ4n) is 2.73. The second-order valence-corrected chi connectivity index (χ2v) is 6.75. The number of rotatable bonds is 3. The first-order valence-corrected chi connectivity index (χ1v) is 8.11. The van der Waals surface area contributed by atoms with Crippen molar-refractivity contribution >= 4 is 23.5 Å². The van der Waals surface area contributed by atoms with E-state index in [1.807, 2.05) is 32.0 Å². The van der Waals surface area contributed by atoms with Crippen LogP contribution in [0.15, 0.2) is 23.3 Å². The molecule has 3 rings (SSSR count). The van der Waals surface area contributed by atoms with E-state index in [2.05, 4.69) is 10.5 Å². The van der Waals surface area contributed by atoms with Crippen molar-refractivity contribution in [2.75, 3.05) is 0 Å². The summed E-state index contributed by atoms with van der Waals surface area (Å²) in [6, 6.07) is 5.64. The van der Waals surface area contributed by atoms with Crippen LogP contribution in [0, 0.1) is 13.8 Å². The number of phenols is 1. The zero-order valence-electron chi connectivity index (χ0n) is 12.6. The zero-order chi connectivity index (χ0) is 15.7. The number of hydrazone groups is 1. The van der Waals surface area contributed by atoms with E-state index < -0.39 is 0 Å². The molecule has 114 valence electrons. The van der Waals surface area contributed by atoms with Crippen molar-refractivity contribution in [3.8, 4) is 5.75 Å². The molecule has 0 unspecified atom stereocenters. The van der Waals surface area contributed by atoms with Gasteiger partial charge in [0.15, 0.2) is 0 Å². The van der Waals surface area contributed by atoms with Gasteiger partial charge in [0.05, 0.1) is 11.1 Å². The average molecular weight is 314 g/mol. The topological polar surface area (TPSA) is 61.7 Å². The van der Waals surface area contributed by atoms with E-state index in [0.29, 0.717) is 5.75 Å². The number of carbonyl (C=O) groups is 1. The Morgan fingerprint density at radius 2 is 2.00 bits per heavy atom. The SMILES string of the molecule is Cc1cc(/C=N/NC(=O)c2cc3c(s2)CCC3)cc(C)c1O. The fourth-order valence-corrected chi connectivity index (χ4v) is 3.87. The Hall–Kier alpha value is -2.14. The molecule has 0 aliphatic heterocycles. The first-order valence-electron chi connectivity index (χ1n) is 7.30. The van der Waals surface area contributed by atoms with Crippen molar-refractivity contribution in [2.24, 2.45) is 5.10 Å². The highest BCUT2D eigenvalue weighted by molar-refractivity contribution is 7.14. The predicted molar refractivity (Wildman–Crippen MR) is 89.0 cm³/mol. The third kappa shape index (κ3) is 2.90. The van der Waals surface area contributed by atoms with Gasteiger partial charge in [0.2, 0.25) is 0 Å². The van der Waals surface area contributed by atoms with E-state index in [0.717, 1.165) is 34.4 Å². The number of aryl methyl sites for hydroxylation is 4. The number of benzene rings is 1. The Morgan fingerprint density at radius 1 is 1.27 bits per heavy atom. The van der Waals surface area contributed by atoms with Crippen LogP contribution in [0.4, 0.5) is 0 Å². The normalized spacial score (nSPS) is 13.5. The molecular weight excluding hydrogens is 296 g/mol. The van der Waals surface area contributed by atoms with Gasteiger partial charge in [-0.2, -0.15) is 5.10 Å². The average Bonchev–Trinajstić information content (AvgIpc) is 3.05. The molecule has 0 atom stereocenters. The quantitative estimate of drug-likeness (QED) is 0.674. The molecule has 0 radical (unpaired) electrons. The van der Waals surface area contributed by atoms with Crippen molar-refractivity contribution in [1.82, 2.24) is 5.43 Å². The molecule has 0 saturated heterocycles. The van der Waals surface area contributed by atoms with Gasteiger partial charge in [0.25, 0.3) is 5.91 Å². The van der Waals surface area contributed by atoms with E-state index in [1.165, 1.54) is 16.9 Å². The minimum atomic E-state index is -0.164. The van der Waals surface area contributed by atoms with E-state index in [1.54, 1.807) is 17.6 Å². The van der Waals surface area contributed by atoms with Crippen LogP contribution < -0.4 is 5.43 Å². The van der Waals surface area contributed by atoms with E-state index in [4.69, 9.17) is 0 Å². The molecule has 22 heavy (non-hydrogen) atoms. The van der Waals surface area contributed by atoms with Crippen LogP contribution in [-0.4, -0.2) is 17.2 Å². The Morgan fingerprint density at radius 3 is 2.68 bits per heavy atom. The molecule has 1 heterocycles. The van der Waals surface area contributed by atoms with Crippen LogP contribution in [0.2, 0.25) is 0 Å². The summed E-state index contributed by atoms with van der Waals surface area (Å²) in [6.07, 6.45) is 4.95. The maximum Gasteiger partial charge on any atom is 0.281 e. The summed E-state index contributed by atoms with van der Waals surface area (Å²) < 4.78 is 0. The predicted octanol–water partition coefficient (Wildman–Crippen LogP) is 3.32. The molecule has 0 saturated carbocycles. The van der Waals surface area contributed by atoms with Gasteiger partial charge in [-0.3, -0.25) is 4.79 Å². The zero-order valence-corrected chi connectivity index (χ0v) is 13.5. The third-order valence-corrected chi connectivity index (χ3v) is 5.10. The highest BCUT2D eigenvalue weighted by atomic mass is 32.1. The van der Waals surface area contributed by atoms with Gasteiger partial charge in [-0.15, -0.1) is 11.3 Å². The molecule has 1 aliphatic rings. The summed E-state index contributed by atoms with van der Waals surface area (Å²) in [5.74, 6) is 0.136. The van der Waals surface area contributed by atoms with Crippen LogP contribution in [0.5, 0.6) is 5.75 Å². The molecule has 0 bridgehead atoms. The maximum absolute atomic E-state index is 12.1. The van der Waals surface area contributed by atoms with E-state index >= 15 is 0 Å². The first kappa shape index (κ1) is 14.8. The Kier molecular flexibility index (Phi) is 3.98. The smallest absolute Gasteiger partial charge is 0.281 e. The van der Waals surface area contributed by atoms with Crippen LogP contribution >= 0.6 is 11.3 Å². The number of aromatic hydroxyl groups is 1. The maximum atomic E-state index is 12.1. The molecule has 5 heteroatoms. The molecule has 1 amide bonds. The van der Waals surface area contributed by atoms with Gasteiger partial charge in [0, 0.05) is 4.88 Å². The van der Waals surface area contributed by atoms with E-state index in [9.17, 15) is 9.90 Å². The van der Waals surface area contributed by atoms with Crippen molar-refractivity contribution < 1.29 is 9.90 Å². The minimum absolute atomic E-state index is 0.164. The van der Waals surface area contributed by atoms with Crippen LogP contribution in [0.1, 0.15) is 43.2 Å². The molecule has 0 fully saturated rings. The minimum Gasteiger partial charge on any atom is -0.507 e. The number of fused-ring (bicyclic) bond motifs is 1. The Labute approximate surface area is 133 Å². The molecule has 2 aromatic rings. The molecule has 4 nitrogen and oxygen atoms in total. The lowest BCUT2D eigenvalue weighted by Gasteiger charge is -2.04. The van der Waals surface area contributed by atoms with Crippen molar-refractivity contribution in [1.29, 1.82) is 0 Å². The van der Waals surface area contributed by atoms with Crippen molar-refractivity contribution in [3.63, 3.8) is 0 Å². The first-order chi connectivity index (χ1) is 10.5. The van der Waals surface area contributed by atoms with Crippen LogP contribution in [0.3, 0.4) is 0 Å². The lowest BCUT2D eigenvalue weighted by Crippen LogP contribution is -2.16. The van der Waals surface area contributed by atoms with Crippen molar-refractivity contribution in [3.05, 3.63) is 50.2 Å². The lowest BCUT2D eigenvalue weighted by atomic mass is 10.1. The molecule has 0 spiro atoms. The molecular formula is C17H18N2O2S. The van der Waals surface area contributed by atoms with Crippen LogP contribution in [-0.2, 0) is 12.8 Å². The third-order valence-electron chi connectivity index (χ3n) is 3.86. The fraction of sp³-hybridized carbons (Fsp3) is 0.294. The number of nitrogens with one attached hydrogen (secondary N) is 1. The second kappa shape index (κ2) is 5.93. The number of hydrogen-bond acceptors (Lipinski definition) is 4. The standard InChI is InChI=1S/C17H18N2O2S/c1-10-6-12(7-11(2)16(10)20)9-18-19-17(21)15-8-13-4-3-5-14(13)22-15/h6-9,20H,3-5H2,1-2H3,(H,19,21)/b18-9+. The van der Waals surface area contributed by atoms with E-state index in [-0.39, 0.29) is 5.91 Å². The second-order valence-electron chi connectivity index (χ2n) is 5.62. The van der Waals surface area contributed by atoms with Gasteiger partial charge >= 0.3 is 0 Å². The summed E-state index contributed by atoms with van der Waals surface area (Å²) in [4.78, 5) is 14.1. The number of amides is 1. The number of phenolic OH excluding ortho intramolecular Hbond substituents is 1. The van der Waals surface area contributed by atoms with Gasteiger partial charge in [-0.25, -0.2) is 5.43 Å². The number of nitrogens with zero attached hydrogens (tertiary/aromatic N) is 1.